The van der Waals surface area contributed by atoms with E-state index in [-0.39, 0.29) is 11.0 Å². The lowest BCUT2D eigenvalue weighted by Crippen LogP contribution is -2.51. The lowest BCUT2D eigenvalue weighted by Gasteiger charge is -2.42. The Labute approximate surface area is 192 Å². The van der Waals surface area contributed by atoms with Gasteiger partial charge in [0, 0.05) is 0 Å². The van der Waals surface area contributed by atoms with Crippen LogP contribution in [0.4, 0.5) is 18.0 Å². The predicted molar refractivity (Wildman–Crippen MR) is 117 cm³/mol. The Morgan fingerprint density at radius 3 is 2.45 bits per heavy atom. The molecule has 1 heterocycles. The third-order valence-corrected chi connectivity index (χ3v) is 7.49. The van der Waals surface area contributed by atoms with Crippen molar-refractivity contribution in [2.24, 2.45) is 11.3 Å². The van der Waals surface area contributed by atoms with Crippen LogP contribution in [0.15, 0.2) is 24.3 Å². The summed E-state index contributed by atoms with van der Waals surface area (Å²) in [7, 11) is 0. The molecule has 0 radical (unpaired) electrons. The number of amides is 4. The molecule has 1 aliphatic heterocycles. The second-order valence-corrected chi connectivity index (χ2v) is 9.93. The lowest BCUT2D eigenvalue weighted by molar-refractivity contribution is -0.137. The number of nitrogens with zero attached hydrogens (tertiary/aromatic N) is 1. The van der Waals surface area contributed by atoms with Crippen molar-refractivity contribution in [3.63, 3.8) is 0 Å². The molecule has 1 saturated carbocycles. The monoisotopic (exact) mass is 467 g/mol. The molecule has 1 unspecified atom stereocenters. The number of halogens is 3. The Morgan fingerprint density at radius 1 is 1.24 bits per heavy atom. The molecule has 3 rings (SSSR count). The molecule has 9 heteroatoms. The number of benzene rings is 1. The van der Waals surface area contributed by atoms with Gasteiger partial charge < -0.3 is 10.6 Å². The third kappa shape index (κ3) is 5.17. The van der Waals surface area contributed by atoms with Crippen LogP contribution in [0.5, 0.6) is 0 Å². The van der Waals surface area contributed by atoms with E-state index in [1.54, 1.807) is 6.92 Å². The molecule has 33 heavy (non-hydrogen) atoms. The van der Waals surface area contributed by atoms with Crippen LogP contribution in [-0.4, -0.2) is 34.8 Å². The molecule has 1 atom stereocenters. The Morgan fingerprint density at radius 2 is 1.88 bits per heavy atom. The summed E-state index contributed by atoms with van der Waals surface area (Å²) in [6.45, 7) is 7.66. The molecule has 1 aromatic rings. The average Bonchev–Trinajstić information content (AvgIpc) is 2.97. The van der Waals surface area contributed by atoms with E-state index in [0.29, 0.717) is 18.8 Å². The van der Waals surface area contributed by atoms with Gasteiger partial charge in [0.15, 0.2) is 0 Å². The zero-order valence-corrected chi connectivity index (χ0v) is 19.5. The number of alkyl halides is 3. The highest BCUT2D eigenvalue weighted by atomic mass is 19.4. The van der Waals surface area contributed by atoms with E-state index in [1.807, 2.05) is 0 Å². The largest absolute Gasteiger partial charge is 0.416 e. The highest BCUT2D eigenvalue weighted by molar-refractivity contribution is 6.09. The minimum absolute atomic E-state index is 0.159. The molecule has 4 amide bonds. The van der Waals surface area contributed by atoms with Gasteiger partial charge in [-0.3, -0.25) is 14.5 Å². The molecule has 0 bridgehead atoms. The smallest absolute Gasteiger partial charge is 0.348 e. The number of carbonyl (C=O) groups is 3. The van der Waals surface area contributed by atoms with Gasteiger partial charge in [0.25, 0.3) is 5.91 Å². The fourth-order valence-electron chi connectivity index (χ4n) is 4.84. The number of urea groups is 1. The summed E-state index contributed by atoms with van der Waals surface area (Å²) in [5.74, 6) is -0.549. The van der Waals surface area contributed by atoms with Gasteiger partial charge >= 0.3 is 12.2 Å². The highest BCUT2D eigenvalue weighted by Crippen LogP contribution is 2.45. The molecule has 2 N–H and O–H groups in total. The summed E-state index contributed by atoms with van der Waals surface area (Å²) in [5.41, 5.74) is -1.33. The third-order valence-electron chi connectivity index (χ3n) is 7.49. The van der Waals surface area contributed by atoms with E-state index in [9.17, 15) is 27.6 Å². The summed E-state index contributed by atoms with van der Waals surface area (Å²) in [6.07, 6.45) is -0.755. The summed E-state index contributed by atoms with van der Waals surface area (Å²) < 4.78 is 38.9. The second-order valence-electron chi connectivity index (χ2n) is 9.93. The molecule has 1 aliphatic carbocycles. The molecular formula is C24H32F3N3O3. The minimum Gasteiger partial charge on any atom is -0.348 e. The summed E-state index contributed by atoms with van der Waals surface area (Å²) >= 11 is 0. The minimum atomic E-state index is -4.49. The quantitative estimate of drug-likeness (QED) is 0.590. The van der Waals surface area contributed by atoms with E-state index in [2.05, 4.69) is 31.4 Å². The maximum atomic E-state index is 13.1. The van der Waals surface area contributed by atoms with Gasteiger partial charge in [0.2, 0.25) is 5.91 Å². The normalized spacial score (nSPS) is 24.7. The van der Waals surface area contributed by atoms with E-state index in [4.69, 9.17) is 0 Å². The number of nitrogens with one attached hydrogen (secondary N) is 2. The zero-order chi connectivity index (χ0) is 24.6. The van der Waals surface area contributed by atoms with Crippen LogP contribution in [0.25, 0.3) is 0 Å². The summed E-state index contributed by atoms with van der Waals surface area (Å²) in [6, 6.07) is 3.37. The number of hydrogen-bond donors (Lipinski definition) is 2. The van der Waals surface area contributed by atoms with Gasteiger partial charge in [0.1, 0.15) is 12.1 Å². The molecule has 6 nitrogen and oxygen atoms in total. The SMILES string of the molecule is CCC(C)(C)C1CCC2(CC1)NC(=O)N(CC(=O)NC(C)c1cccc(C(F)(F)F)c1)C2=O. The zero-order valence-electron chi connectivity index (χ0n) is 19.5. The van der Waals surface area contributed by atoms with Crippen molar-refractivity contribution < 1.29 is 27.6 Å². The van der Waals surface area contributed by atoms with Gasteiger partial charge in [-0.05, 0) is 61.6 Å². The van der Waals surface area contributed by atoms with Gasteiger partial charge in [-0.2, -0.15) is 13.2 Å². The number of carbonyl (C=O) groups excluding carboxylic acids is 3. The van der Waals surface area contributed by atoms with E-state index in [1.165, 1.54) is 12.1 Å². The summed E-state index contributed by atoms with van der Waals surface area (Å²) in [5, 5.41) is 5.39. The molecule has 1 spiro atoms. The van der Waals surface area contributed by atoms with Gasteiger partial charge in [0.05, 0.1) is 11.6 Å². The number of hydrogen-bond acceptors (Lipinski definition) is 3. The lowest BCUT2D eigenvalue weighted by atomic mass is 9.65. The molecule has 1 aromatic carbocycles. The Kier molecular flexibility index (Phi) is 6.82. The first-order valence-corrected chi connectivity index (χ1v) is 11.4. The standard InChI is InChI=1S/C24H32F3N3O3/c1-5-22(3,4)17-9-11-23(12-10-17)20(32)30(21(33)29-23)14-19(31)28-15(2)16-7-6-8-18(13-16)24(25,26)27/h6-8,13,15,17H,5,9-12,14H2,1-4H3,(H,28,31)(H,29,33). The summed E-state index contributed by atoms with van der Waals surface area (Å²) in [4.78, 5) is 39.1. The second kappa shape index (κ2) is 8.99. The van der Waals surface area contributed by atoms with Crippen molar-refractivity contribution in [2.45, 2.75) is 77.6 Å². The van der Waals surface area contributed by atoms with E-state index >= 15 is 0 Å². The van der Waals surface area contributed by atoms with Gasteiger partial charge in [-0.1, -0.05) is 39.3 Å². The molecule has 0 aromatic heterocycles. The van der Waals surface area contributed by atoms with Crippen LogP contribution in [0.2, 0.25) is 0 Å². The Hall–Kier alpha value is -2.58. The maximum absolute atomic E-state index is 13.1. The first-order chi connectivity index (χ1) is 15.3. The first kappa shape index (κ1) is 25.1. The Bertz CT molecular complexity index is 921. The van der Waals surface area contributed by atoms with Crippen molar-refractivity contribution in [1.82, 2.24) is 15.5 Å². The molecular weight excluding hydrogens is 435 g/mol. The van der Waals surface area contributed by atoms with Crippen molar-refractivity contribution in [3.05, 3.63) is 35.4 Å². The van der Waals surface area contributed by atoms with Crippen LogP contribution < -0.4 is 10.6 Å². The van der Waals surface area contributed by atoms with E-state index < -0.39 is 47.7 Å². The van der Waals surface area contributed by atoms with Crippen molar-refractivity contribution in [2.75, 3.05) is 6.54 Å². The van der Waals surface area contributed by atoms with Crippen LogP contribution in [-0.2, 0) is 15.8 Å². The number of rotatable bonds is 6. The molecule has 2 fully saturated rings. The van der Waals surface area contributed by atoms with Gasteiger partial charge in [-0.25, -0.2) is 4.79 Å². The fourth-order valence-corrected chi connectivity index (χ4v) is 4.84. The molecule has 1 saturated heterocycles. The number of imide groups is 1. The van der Waals surface area contributed by atoms with Gasteiger partial charge in [-0.15, -0.1) is 0 Å². The van der Waals surface area contributed by atoms with Crippen LogP contribution in [0, 0.1) is 11.3 Å². The van der Waals surface area contributed by atoms with Crippen LogP contribution in [0.1, 0.15) is 77.0 Å². The molecule has 182 valence electrons. The van der Waals surface area contributed by atoms with E-state index in [0.717, 1.165) is 36.3 Å². The first-order valence-electron chi connectivity index (χ1n) is 11.4. The average molecular weight is 468 g/mol. The topological polar surface area (TPSA) is 78.5 Å². The fraction of sp³-hybridized carbons (Fsp3) is 0.625. The van der Waals surface area contributed by atoms with Crippen LogP contribution >= 0.6 is 0 Å². The van der Waals surface area contributed by atoms with Crippen molar-refractivity contribution >= 4 is 17.8 Å². The highest BCUT2D eigenvalue weighted by Gasteiger charge is 2.53. The van der Waals surface area contributed by atoms with Crippen molar-refractivity contribution in [3.8, 4) is 0 Å². The maximum Gasteiger partial charge on any atom is 0.416 e. The van der Waals surface area contributed by atoms with Crippen LogP contribution in [0.3, 0.4) is 0 Å². The predicted octanol–water partition coefficient (Wildman–Crippen LogP) is 4.80. The molecule has 2 aliphatic rings. The Balaban J connectivity index is 1.62. The van der Waals surface area contributed by atoms with Crippen molar-refractivity contribution in [1.29, 1.82) is 0 Å².